The molecule has 0 fully saturated rings. The van der Waals surface area contributed by atoms with E-state index in [4.69, 9.17) is 27.9 Å². The summed E-state index contributed by atoms with van der Waals surface area (Å²) in [6.45, 7) is 2.27. The molecule has 2 aromatic rings. The van der Waals surface area contributed by atoms with Gasteiger partial charge in [-0.1, -0.05) is 23.2 Å². The Morgan fingerprint density at radius 1 is 1.43 bits per heavy atom. The number of hydrogen-bond acceptors (Lipinski definition) is 6. The van der Waals surface area contributed by atoms with E-state index in [0.717, 1.165) is 0 Å². The third kappa shape index (κ3) is 4.30. The quantitative estimate of drug-likeness (QED) is 0.478. The summed E-state index contributed by atoms with van der Waals surface area (Å²) in [4.78, 5) is 14.2. The first-order chi connectivity index (χ1) is 11.0. The zero-order chi connectivity index (χ0) is 16.8. The lowest BCUT2D eigenvalue weighted by atomic mass is 10.2. The molecule has 120 valence electrons. The molecular weight excluding hydrogens is 343 g/mol. The predicted molar refractivity (Wildman–Crippen MR) is 89.7 cm³/mol. The van der Waals surface area contributed by atoms with E-state index < -0.39 is 4.92 Å². The van der Waals surface area contributed by atoms with Crippen LogP contribution >= 0.6 is 23.2 Å². The van der Waals surface area contributed by atoms with E-state index in [1.165, 1.54) is 24.5 Å². The molecule has 0 aliphatic carbocycles. The number of anilines is 1. The number of hydrogen-bond donors (Lipinski definition) is 1. The average Bonchev–Trinajstić information content (AvgIpc) is 2.51. The minimum atomic E-state index is -0.546. The van der Waals surface area contributed by atoms with Crippen molar-refractivity contribution < 1.29 is 9.66 Å². The number of nitrogens with one attached hydrogen (secondary N) is 1. The summed E-state index contributed by atoms with van der Waals surface area (Å²) < 4.78 is 5.33. The Kier molecular flexibility index (Phi) is 5.72. The summed E-state index contributed by atoms with van der Waals surface area (Å²) >= 11 is 12.2. The second-order valence-electron chi connectivity index (χ2n) is 4.24. The number of ether oxygens (including phenoxy) is 1. The van der Waals surface area contributed by atoms with Crippen LogP contribution in [-0.4, -0.2) is 22.7 Å². The van der Waals surface area contributed by atoms with Crippen LogP contribution in [0.15, 0.2) is 35.6 Å². The van der Waals surface area contributed by atoms with Gasteiger partial charge in [0.15, 0.2) is 5.75 Å². The maximum atomic E-state index is 10.9. The second kappa shape index (κ2) is 7.75. The Hall–Kier alpha value is -2.38. The topological polar surface area (TPSA) is 89.7 Å². The smallest absolute Gasteiger partial charge is 0.313 e. The molecule has 1 aromatic carbocycles. The van der Waals surface area contributed by atoms with E-state index in [1.807, 2.05) is 6.92 Å². The summed E-state index contributed by atoms with van der Waals surface area (Å²) in [5, 5.41) is 15.5. The Labute approximate surface area is 142 Å². The number of hydrazone groups is 1. The predicted octanol–water partition coefficient (Wildman–Crippen LogP) is 4.14. The molecule has 0 aliphatic rings. The van der Waals surface area contributed by atoms with E-state index in [0.29, 0.717) is 28.0 Å². The van der Waals surface area contributed by atoms with Gasteiger partial charge in [0.25, 0.3) is 0 Å². The number of nitro groups is 1. The van der Waals surface area contributed by atoms with E-state index in [2.05, 4.69) is 15.5 Å². The van der Waals surface area contributed by atoms with E-state index >= 15 is 0 Å². The van der Waals surface area contributed by atoms with Crippen molar-refractivity contribution in [3.05, 3.63) is 56.2 Å². The molecule has 0 spiro atoms. The van der Waals surface area contributed by atoms with Gasteiger partial charge in [-0.15, -0.1) is 0 Å². The van der Waals surface area contributed by atoms with Crippen LogP contribution in [-0.2, 0) is 0 Å². The van der Waals surface area contributed by atoms with Crippen LogP contribution in [0.2, 0.25) is 10.0 Å². The summed E-state index contributed by atoms with van der Waals surface area (Å²) in [6, 6.07) is 6.04. The van der Waals surface area contributed by atoms with E-state index in [9.17, 15) is 10.1 Å². The first-order valence-corrected chi connectivity index (χ1v) is 7.28. The molecule has 0 unspecified atom stereocenters. The largest absolute Gasteiger partial charge is 0.491 e. The van der Waals surface area contributed by atoms with Gasteiger partial charge in [-0.25, -0.2) is 4.98 Å². The average molecular weight is 355 g/mol. The van der Waals surface area contributed by atoms with Gasteiger partial charge in [-0.2, -0.15) is 5.10 Å². The molecule has 0 atom stereocenters. The van der Waals surface area contributed by atoms with Crippen molar-refractivity contribution >= 4 is 40.9 Å². The van der Waals surface area contributed by atoms with E-state index in [-0.39, 0.29) is 11.5 Å². The molecule has 0 radical (unpaired) electrons. The van der Waals surface area contributed by atoms with Gasteiger partial charge in [0.05, 0.1) is 27.8 Å². The monoisotopic (exact) mass is 354 g/mol. The Morgan fingerprint density at radius 2 is 2.13 bits per heavy atom. The highest BCUT2D eigenvalue weighted by atomic mass is 35.5. The number of aromatic nitrogens is 1. The van der Waals surface area contributed by atoms with Crippen LogP contribution in [0.3, 0.4) is 0 Å². The fraction of sp³-hybridized carbons (Fsp3) is 0.143. The van der Waals surface area contributed by atoms with Crippen LogP contribution in [0.1, 0.15) is 12.5 Å². The molecule has 0 amide bonds. The second-order valence-corrected chi connectivity index (χ2v) is 5.06. The van der Waals surface area contributed by atoms with Crippen molar-refractivity contribution in [2.45, 2.75) is 6.92 Å². The molecule has 0 aliphatic heterocycles. The number of nitrogens with zero attached hydrogens (tertiary/aromatic N) is 3. The van der Waals surface area contributed by atoms with Crippen molar-refractivity contribution in [3.8, 4) is 5.75 Å². The lowest BCUT2D eigenvalue weighted by Crippen LogP contribution is -1.99. The molecular formula is C14H12Cl2N4O3. The molecule has 0 saturated heterocycles. The SMILES string of the molecule is CCOc1c(Cl)cc(/C=N\Nc2ncccc2[N+](=O)[O-])cc1Cl. The van der Waals surface area contributed by atoms with Crippen LogP contribution in [0.5, 0.6) is 5.75 Å². The number of rotatable bonds is 6. The van der Waals surface area contributed by atoms with Gasteiger partial charge >= 0.3 is 5.69 Å². The fourth-order valence-corrected chi connectivity index (χ4v) is 2.35. The highest BCUT2D eigenvalue weighted by Gasteiger charge is 2.13. The highest BCUT2D eigenvalue weighted by molar-refractivity contribution is 6.37. The normalized spacial score (nSPS) is 10.7. The fourth-order valence-electron chi connectivity index (χ4n) is 1.73. The number of halogens is 2. The van der Waals surface area contributed by atoms with Gasteiger partial charge in [0, 0.05) is 12.3 Å². The highest BCUT2D eigenvalue weighted by Crippen LogP contribution is 2.33. The molecule has 1 heterocycles. The summed E-state index contributed by atoms with van der Waals surface area (Å²) in [5.74, 6) is 0.443. The zero-order valence-electron chi connectivity index (χ0n) is 12.0. The lowest BCUT2D eigenvalue weighted by molar-refractivity contribution is -0.384. The maximum Gasteiger partial charge on any atom is 0.313 e. The Morgan fingerprint density at radius 3 is 2.74 bits per heavy atom. The van der Waals surface area contributed by atoms with Crippen molar-refractivity contribution in [1.82, 2.24) is 4.98 Å². The molecule has 1 aromatic heterocycles. The minimum Gasteiger partial charge on any atom is -0.491 e. The zero-order valence-corrected chi connectivity index (χ0v) is 13.5. The molecule has 23 heavy (non-hydrogen) atoms. The van der Waals surface area contributed by atoms with Crippen molar-refractivity contribution in [3.63, 3.8) is 0 Å². The van der Waals surface area contributed by atoms with Gasteiger partial charge in [0.1, 0.15) is 0 Å². The van der Waals surface area contributed by atoms with Gasteiger partial charge < -0.3 is 4.74 Å². The summed E-state index contributed by atoms with van der Waals surface area (Å²) in [5.41, 5.74) is 2.95. The molecule has 7 nitrogen and oxygen atoms in total. The minimum absolute atomic E-state index is 0.0388. The Balaban J connectivity index is 2.17. The standard InChI is InChI=1S/C14H12Cl2N4O3/c1-2-23-13-10(15)6-9(7-11(13)16)8-18-19-14-12(20(21)22)4-3-5-17-14/h3-8H,2H2,1H3,(H,17,19)/b18-8-. The third-order valence-electron chi connectivity index (χ3n) is 2.68. The van der Waals surface area contributed by atoms with Crippen LogP contribution in [0.4, 0.5) is 11.5 Å². The van der Waals surface area contributed by atoms with Crippen molar-refractivity contribution in [2.24, 2.45) is 5.10 Å². The summed E-state index contributed by atoms with van der Waals surface area (Å²) in [7, 11) is 0. The first-order valence-electron chi connectivity index (χ1n) is 6.53. The number of pyridine rings is 1. The molecule has 2 rings (SSSR count). The van der Waals surface area contributed by atoms with Crippen molar-refractivity contribution in [1.29, 1.82) is 0 Å². The molecule has 9 heteroatoms. The molecule has 0 saturated carbocycles. The van der Waals surface area contributed by atoms with Crippen LogP contribution < -0.4 is 10.2 Å². The summed E-state index contributed by atoms with van der Waals surface area (Å²) in [6.07, 6.45) is 2.85. The Bertz CT molecular complexity index is 730. The number of benzene rings is 1. The van der Waals surface area contributed by atoms with Gasteiger partial charge in [0.2, 0.25) is 5.82 Å². The lowest BCUT2D eigenvalue weighted by Gasteiger charge is -2.08. The van der Waals surface area contributed by atoms with E-state index in [1.54, 1.807) is 12.1 Å². The first kappa shape index (κ1) is 17.0. The van der Waals surface area contributed by atoms with Gasteiger partial charge in [-0.3, -0.25) is 15.5 Å². The van der Waals surface area contributed by atoms with Crippen LogP contribution in [0, 0.1) is 10.1 Å². The van der Waals surface area contributed by atoms with Gasteiger partial charge in [-0.05, 0) is 30.7 Å². The van der Waals surface area contributed by atoms with Crippen molar-refractivity contribution in [2.75, 3.05) is 12.0 Å². The maximum absolute atomic E-state index is 10.9. The molecule has 0 bridgehead atoms. The van der Waals surface area contributed by atoms with Crippen LogP contribution in [0.25, 0.3) is 0 Å². The molecule has 1 N–H and O–H groups in total. The third-order valence-corrected chi connectivity index (χ3v) is 3.24.